The Kier molecular flexibility index (Phi) is 5.50. The third-order valence-corrected chi connectivity index (χ3v) is 3.75. The molecule has 23 heavy (non-hydrogen) atoms. The molecule has 1 atom stereocenters. The van der Waals surface area contributed by atoms with E-state index in [1.807, 2.05) is 6.07 Å². The van der Waals surface area contributed by atoms with Crippen LogP contribution in [0.5, 0.6) is 0 Å². The smallest absolute Gasteiger partial charge is 0.326 e. The van der Waals surface area contributed by atoms with Gasteiger partial charge in [-0.1, -0.05) is 40.2 Å². The number of halogens is 1. The van der Waals surface area contributed by atoms with Gasteiger partial charge in [0, 0.05) is 16.5 Å². The number of carbonyl (C=O) groups excluding carboxylic acids is 1. The number of nitrogens with one attached hydrogen (secondary N) is 1. The highest BCUT2D eigenvalue weighted by Crippen LogP contribution is 2.13. The van der Waals surface area contributed by atoms with Crippen molar-refractivity contribution < 1.29 is 14.7 Å². The SMILES string of the molecule is N#Cc1ccccc1C[C@@H](NC(=O)c1cccc(Br)c1)C(=O)O. The number of rotatable bonds is 5. The zero-order valence-electron chi connectivity index (χ0n) is 12.0. The molecule has 2 aromatic carbocycles. The zero-order valence-corrected chi connectivity index (χ0v) is 13.6. The van der Waals surface area contributed by atoms with Crippen molar-refractivity contribution in [1.82, 2.24) is 5.32 Å². The first-order valence-corrected chi connectivity index (χ1v) is 7.58. The number of carboxylic acids is 1. The lowest BCUT2D eigenvalue weighted by Crippen LogP contribution is -2.42. The molecule has 0 aromatic heterocycles. The minimum absolute atomic E-state index is 0.0405. The molecule has 1 amide bonds. The Balaban J connectivity index is 2.18. The van der Waals surface area contributed by atoms with Gasteiger partial charge in [-0.25, -0.2) is 4.79 Å². The molecule has 0 saturated carbocycles. The topological polar surface area (TPSA) is 90.2 Å². The van der Waals surface area contributed by atoms with Crippen LogP contribution in [0, 0.1) is 11.3 Å². The molecule has 6 heteroatoms. The molecular weight excluding hydrogens is 360 g/mol. The molecule has 0 spiro atoms. The van der Waals surface area contributed by atoms with E-state index in [1.165, 1.54) is 0 Å². The second kappa shape index (κ2) is 7.56. The van der Waals surface area contributed by atoms with Crippen LogP contribution in [0.4, 0.5) is 0 Å². The van der Waals surface area contributed by atoms with Gasteiger partial charge in [-0.3, -0.25) is 4.79 Å². The van der Waals surface area contributed by atoms with E-state index in [9.17, 15) is 14.7 Å². The Labute approximate surface area is 141 Å². The number of nitriles is 1. The Bertz CT molecular complexity index is 783. The minimum Gasteiger partial charge on any atom is -0.480 e. The van der Waals surface area contributed by atoms with Gasteiger partial charge in [-0.05, 0) is 29.8 Å². The average molecular weight is 373 g/mol. The second-order valence-corrected chi connectivity index (χ2v) is 5.76. The van der Waals surface area contributed by atoms with Crippen LogP contribution >= 0.6 is 15.9 Å². The maximum atomic E-state index is 12.2. The molecular formula is C17H13BrN2O3. The third kappa shape index (κ3) is 4.41. The molecule has 2 N–H and O–H groups in total. The van der Waals surface area contributed by atoms with Crippen LogP contribution in [-0.2, 0) is 11.2 Å². The standard InChI is InChI=1S/C17H13BrN2O3/c18-14-7-3-6-12(8-14)16(21)20-15(17(22)23)9-11-4-1-2-5-13(11)10-19/h1-8,15H,9H2,(H,20,21)(H,22,23)/t15-/m1/s1. The Morgan fingerprint density at radius 2 is 1.96 bits per heavy atom. The van der Waals surface area contributed by atoms with Crippen LogP contribution in [0.15, 0.2) is 53.0 Å². The monoisotopic (exact) mass is 372 g/mol. The third-order valence-electron chi connectivity index (χ3n) is 3.25. The molecule has 0 saturated heterocycles. The Hall–Kier alpha value is -2.65. The van der Waals surface area contributed by atoms with Gasteiger partial charge in [-0.15, -0.1) is 0 Å². The lowest BCUT2D eigenvalue weighted by atomic mass is 10.0. The molecule has 2 rings (SSSR count). The summed E-state index contributed by atoms with van der Waals surface area (Å²) in [4.78, 5) is 23.6. The molecule has 0 aliphatic rings. The molecule has 0 unspecified atom stereocenters. The van der Waals surface area contributed by atoms with E-state index in [0.29, 0.717) is 16.7 Å². The Morgan fingerprint density at radius 1 is 1.22 bits per heavy atom. The van der Waals surface area contributed by atoms with Crippen molar-refractivity contribution in [3.8, 4) is 6.07 Å². The molecule has 0 aliphatic carbocycles. The first-order chi connectivity index (χ1) is 11.0. The molecule has 116 valence electrons. The van der Waals surface area contributed by atoms with E-state index in [0.717, 1.165) is 4.47 Å². The lowest BCUT2D eigenvalue weighted by Gasteiger charge is -2.15. The summed E-state index contributed by atoms with van der Waals surface area (Å²) in [5.74, 6) is -1.63. The molecule has 5 nitrogen and oxygen atoms in total. The maximum Gasteiger partial charge on any atom is 0.326 e. The van der Waals surface area contributed by atoms with Crippen molar-refractivity contribution in [2.24, 2.45) is 0 Å². The van der Waals surface area contributed by atoms with E-state index < -0.39 is 17.9 Å². The number of nitrogens with zero attached hydrogens (tertiary/aromatic N) is 1. The highest BCUT2D eigenvalue weighted by molar-refractivity contribution is 9.10. The molecule has 0 fully saturated rings. The van der Waals surface area contributed by atoms with Crippen LogP contribution in [0.3, 0.4) is 0 Å². The number of amides is 1. The van der Waals surface area contributed by atoms with E-state index in [1.54, 1.807) is 48.5 Å². The summed E-state index contributed by atoms with van der Waals surface area (Å²) in [6.45, 7) is 0. The van der Waals surface area contributed by atoms with Crippen LogP contribution in [0.25, 0.3) is 0 Å². The lowest BCUT2D eigenvalue weighted by molar-refractivity contribution is -0.139. The molecule has 0 heterocycles. The highest BCUT2D eigenvalue weighted by atomic mass is 79.9. The summed E-state index contributed by atoms with van der Waals surface area (Å²) in [6.07, 6.45) is 0.0405. The van der Waals surface area contributed by atoms with Crippen molar-refractivity contribution in [1.29, 1.82) is 5.26 Å². The summed E-state index contributed by atoms with van der Waals surface area (Å²) in [6, 6.07) is 14.3. The zero-order chi connectivity index (χ0) is 16.8. The van der Waals surface area contributed by atoms with Gasteiger partial charge in [0.05, 0.1) is 11.6 Å². The van der Waals surface area contributed by atoms with Crippen LogP contribution in [-0.4, -0.2) is 23.0 Å². The van der Waals surface area contributed by atoms with Crippen molar-refractivity contribution in [2.45, 2.75) is 12.5 Å². The summed E-state index contributed by atoms with van der Waals surface area (Å²) in [7, 11) is 0. The molecule has 0 aliphatic heterocycles. The Morgan fingerprint density at radius 3 is 2.61 bits per heavy atom. The molecule has 0 radical (unpaired) electrons. The number of hydrogen-bond donors (Lipinski definition) is 2. The molecule has 2 aromatic rings. The number of carbonyl (C=O) groups is 2. The van der Waals surface area contributed by atoms with E-state index in [2.05, 4.69) is 21.2 Å². The number of aliphatic carboxylic acids is 1. The second-order valence-electron chi connectivity index (χ2n) is 4.85. The number of hydrogen-bond acceptors (Lipinski definition) is 3. The summed E-state index contributed by atoms with van der Waals surface area (Å²) in [5, 5.41) is 20.9. The van der Waals surface area contributed by atoms with Gasteiger partial charge in [0.15, 0.2) is 0 Å². The van der Waals surface area contributed by atoms with E-state index in [-0.39, 0.29) is 6.42 Å². The fourth-order valence-corrected chi connectivity index (χ4v) is 2.50. The van der Waals surface area contributed by atoms with E-state index >= 15 is 0 Å². The molecule has 0 bridgehead atoms. The van der Waals surface area contributed by atoms with Crippen molar-refractivity contribution in [3.63, 3.8) is 0 Å². The van der Waals surface area contributed by atoms with E-state index in [4.69, 9.17) is 5.26 Å². The summed E-state index contributed by atoms with van der Waals surface area (Å²) in [5.41, 5.74) is 1.34. The average Bonchev–Trinajstić information content (AvgIpc) is 2.54. The predicted molar refractivity (Wildman–Crippen MR) is 87.9 cm³/mol. The first-order valence-electron chi connectivity index (χ1n) is 6.78. The summed E-state index contributed by atoms with van der Waals surface area (Å²) >= 11 is 3.27. The maximum absolute atomic E-state index is 12.2. The van der Waals surface area contributed by atoms with Crippen molar-refractivity contribution >= 4 is 27.8 Å². The largest absolute Gasteiger partial charge is 0.480 e. The van der Waals surface area contributed by atoms with Gasteiger partial charge >= 0.3 is 5.97 Å². The minimum atomic E-state index is -1.15. The predicted octanol–water partition coefficient (Wildman–Crippen LogP) is 2.75. The quantitative estimate of drug-likeness (QED) is 0.843. The fourth-order valence-electron chi connectivity index (χ4n) is 2.10. The number of benzene rings is 2. The van der Waals surface area contributed by atoms with Crippen LogP contribution < -0.4 is 5.32 Å². The van der Waals surface area contributed by atoms with Gasteiger partial charge in [0.2, 0.25) is 0 Å². The highest BCUT2D eigenvalue weighted by Gasteiger charge is 2.22. The van der Waals surface area contributed by atoms with Gasteiger partial charge in [-0.2, -0.15) is 5.26 Å². The van der Waals surface area contributed by atoms with Gasteiger partial charge < -0.3 is 10.4 Å². The van der Waals surface area contributed by atoms with Crippen LogP contribution in [0.1, 0.15) is 21.5 Å². The summed E-state index contributed by atoms with van der Waals surface area (Å²) < 4.78 is 0.729. The van der Waals surface area contributed by atoms with Crippen LogP contribution in [0.2, 0.25) is 0 Å². The normalized spacial score (nSPS) is 11.3. The first kappa shape index (κ1) is 16.7. The number of carboxylic acid groups (broad SMARTS) is 1. The fraction of sp³-hybridized carbons (Fsp3) is 0.118. The van der Waals surface area contributed by atoms with Crippen molar-refractivity contribution in [2.75, 3.05) is 0 Å². The van der Waals surface area contributed by atoms with Crippen molar-refractivity contribution in [3.05, 3.63) is 69.7 Å². The van der Waals surface area contributed by atoms with Gasteiger partial charge in [0.25, 0.3) is 5.91 Å². The van der Waals surface area contributed by atoms with Gasteiger partial charge in [0.1, 0.15) is 6.04 Å².